The lowest BCUT2D eigenvalue weighted by atomic mass is 10.1. The summed E-state index contributed by atoms with van der Waals surface area (Å²) in [5.41, 5.74) is 0.286. The number of carbonyl (C=O) groups excluding carboxylic acids is 2. The van der Waals surface area contributed by atoms with Gasteiger partial charge in [-0.25, -0.2) is 0 Å². The lowest BCUT2D eigenvalue weighted by Crippen LogP contribution is -2.27. The van der Waals surface area contributed by atoms with Gasteiger partial charge in [-0.2, -0.15) is 0 Å². The number of aromatic nitrogens is 1. The minimum absolute atomic E-state index is 0.0755. The highest BCUT2D eigenvalue weighted by Crippen LogP contribution is 2.16. The third kappa shape index (κ3) is 5.36. The summed E-state index contributed by atoms with van der Waals surface area (Å²) in [5, 5.41) is 4.90. The van der Waals surface area contributed by atoms with Crippen molar-refractivity contribution in [2.45, 2.75) is 45.8 Å². The lowest BCUT2D eigenvalue weighted by Gasteiger charge is -2.19. The Morgan fingerprint density at radius 2 is 1.87 bits per heavy atom. The van der Waals surface area contributed by atoms with Crippen LogP contribution in [0.2, 0.25) is 0 Å². The molecule has 0 aliphatic rings. The number of benzene rings is 1. The molecule has 1 N–H and O–H groups in total. The Kier molecular flexibility index (Phi) is 5.32. The molecule has 0 fully saturated rings. The lowest BCUT2D eigenvalue weighted by molar-refractivity contribution is -0.155. The monoisotopic (exact) mass is 314 g/mol. The van der Waals surface area contributed by atoms with Crippen LogP contribution in [0.3, 0.4) is 0 Å². The number of nitrogens with one attached hydrogen (secondary N) is 1. The molecular weight excluding hydrogens is 292 g/mol. The first-order chi connectivity index (χ1) is 10.8. The zero-order valence-corrected chi connectivity index (χ0v) is 13.8. The summed E-state index contributed by atoms with van der Waals surface area (Å²) in [6, 6.07) is 9.82. The molecule has 0 saturated carbocycles. The molecule has 122 valence electrons. The van der Waals surface area contributed by atoms with E-state index in [4.69, 9.17) is 4.74 Å². The smallest absolute Gasteiger partial charge is 0.306 e. The fraction of sp³-hybridized carbons (Fsp3) is 0.389. The van der Waals surface area contributed by atoms with Gasteiger partial charge in [-0.05, 0) is 32.2 Å². The Hall–Kier alpha value is -2.43. The topological polar surface area (TPSA) is 68.3 Å². The van der Waals surface area contributed by atoms with Crippen LogP contribution in [0, 0.1) is 0 Å². The van der Waals surface area contributed by atoms with Crippen molar-refractivity contribution in [2.75, 3.05) is 0 Å². The summed E-state index contributed by atoms with van der Waals surface area (Å²) in [5.74, 6) is -0.554. The van der Waals surface area contributed by atoms with Gasteiger partial charge in [0.1, 0.15) is 5.60 Å². The molecule has 2 aromatic rings. The molecule has 1 aromatic heterocycles. The SMILES string of the molecule is CC(C)(C)OC(=O)CCC(=O)NCc1nccc2ccccc12. The van der Waals surface area contributed by atoms with Gasteiger partial charge in [-0.15, -0.1) is 0 Å². The normalized spacial score (nSPS) is 11.3. The predicted octanol–water partition coefficient (Wildman–Crippen LogP) is 2.97. The van der Waals surface area contributed by atoms with Crippen molar-refractivity contribution in [3.63, 3.8) is 0 Å². The summed E-state index contributed by atoms with van der Waals surface area (Å²) in [4.78, 5) is 27.8. The second-order valence-electron chi connectivity index (χ2n) is 6.34. The molecule has 0 spiro atoms. The van der Waals surface area contributed by atoms with Gasteiger partial charge in [-0.3, -0.25) is 14.6 Å². The van der Waals surface area contributed by atoms with E-state index in [-0.39, 0.29) is 24.7 Å². The molecule has 0 saturated heterocycles. The number of esters is 1. The van der Waals surface area contributed by atoms with Crippen molar-refractivity contribution in [3.05, 3.63) is 42.2 Å². The van der Waals surface area contributed by atoms with Crippen molar-refractivity contribution in [1.82, 2.24) is 10.3 Å². The number of hydrogen-bond acceptors (Lipinski definition) is 4. The number of pyridine rings is 1. The molecule has 2 rings (SSSR count). The summed E-state index contributed by atoms with van der Waals surface area (Å²) in [6.07, 6.45) is 1.91. The minimum atomic E-state index is -0.527. The molecule has 1 amide bonds. The Labute approximate surface area is 136 Å². The van der Waals surface area contributed by atoms with Crippen molar-refractivity contribution < 1.29 is 14.3 Å². The number of amides is 1. The van der Waals surface area contributed by atoms with Crippen molar-refractivity contribution in [1.29, 1.82) is 0 Å². The molecule has 0 aliphatic carbocycles. The molecule has 1 aromatic carbocycles. The summed E-state index contributed by atoms with van der Waals surface area (Å²) in [7, 11) is 0. The number of fused-ring (bicyclic) bond motifs is 1. The average Bonchev–Trinajstić information content (AvgIpc) is 2.49. The van der Waals surface area contributed by atoms with Crippen LogP contribution >= 0.6 is 0 Å². The van der Waals surface area contributed by atoms with E-state index >= 15 is 0 Å². The van der Waals surface area contributed by atoms with Gasteiger partial charge in [0.15, 0.2) is 0 Å². The standard InChI is InChI=1S/C18H22N2O3/c1-18(2,3)23-17(22)9-8-16(21)20-12-15-14-7-5-4-6-13(14)10-11-19-15/h4-7,10-11H,8-9,12H2,1-3H3,(H,20,21). The van der Waals surface area contributed by atoms with Crippen molar-refractivity contribution in [2.24, 2.45) is 0 Å². The highest BCUT2D eigenvalue weighted by Gasteiger charge is 2.17. The van der Waals surface area contributed by atoms with Gasteiger partial charge in [-0.1, -0.05) is 24.3 Å². The van der Waals surface area contributed by atoms with Crippen LogP contribution in [0.1, 0.15) is 39.3 Å². The van der Waals surface area contributed by atoms with Gasteiger partial charge in [0.2, 0.25) is 5.91 Å². The van der Waals surface area contributed by atoms with E-state index in [1.807, 2.05) is 30.3 Å². The Bertz CT molecular complexity index is 699. The molecule has 0 bridgehead atoms. The molecule has 0 unspecified atom stereocenters. The van der Waals surface area contributed by atoms with Gasteiger partial charge >= 0.3 is 5.97 Å². The number of hydrogen-bond donors (Lipinski definition) is 1. The van der Waals surface area contributed by atoms with Crippen LogP contribution in [0.5, 0.6) is 0 Å². The second-order valence-corrected chi connectivity index (χ2v) is 6.34. The molecule has 0 aliphatic heterocycles. The Balaban J connectivity index is 1.86. The fourth-order valence-corrected chi connectivity index (χ4v) is 2.20. The molecular formula is C18H22N2O3. The van der Waals surface area contributed by atoms with E-state index in [0.717, 1.165) is 16.5 Å². The van der Waals surface area contributed by atoms with Crippen LogP contribution in [0.25, 0.3) is 10.8 Å². The average molecular weight is 314 g/mol. The van der Waals surface area contributed by atoms with Gasteiger partial charge in [0.05, 0.1) is 18.7 Å². The summed E-state index contributed by atoms with van der Waals surface area (Å²) in [6.45, 7) is 5.75. The minimum Gasteiger partial charge on any atom is -0.460 e. The first kappa shape index (κ1) is 16.9. The van der Waals surface area contributed by atoms with Crippen molar-refractivity contribution >= 4 is 22.6 Å². The Morgan fingerprint density at radius 3 is 2.61 bits per heavy atom. The van der Waals surface area contributed by atoms with Gasteiger partial charge in [0, 0.05) is 18.0 Å². The molecule has 1 heterocycles. The van der Waals surface area contributed by atoms with Crippen LogP contribution in [0.4, 0.5) is 0 Å². The highest BCUT2D eigenvalue weighted by atomic mass is 16.6. The predicted molar refractivity (Wildman–Crippen MR) is 88.7 cm³/mol. The first-order valence-electron chi connectivity index (χ1n) is 7.66. The quantitative estimate of drug-likeness (QED) is 0.862. The molecule has 23 heavy (non-hydrogen) atoms. The Morgan fingerprint density at radius 1 is 1.13 bits per heavy atom. The third-order valence-electron chi connectivity index (χ3n) is 3.19. The largest absolute Gasteiger partial charge is 0.460 e. The maximum atomic E-state index is 11.9. The van der Waals surface area contributed by atoms with Gasteiger partial charge in [0.25, 0.3) is 0 Å². The summed E-state index contributed by atoms with van der Waals surface area (Å²) < 4.78 is 5.18. The summed E-state index contributed by atoms with van der Waals surface area (Å²) >= 11 is 0. The maximum absolute atomic E-state index is 11.9. The van der Waals surface area contributed by atoms with E-state index in [9.17, 15) is 9.59 Å². The number of nitrogens with zero attached hydrogens (tertiary/aromatic N) is 1. The number of ether oxygens (including phenoxy) is 1. The highest BCUT2D eigenvalue weighted by molar-refractivity contribution is 5.85. The zero-order chi connectivity index (χ0) is 16.9. The van der Waals surface area contributed by atoms with Crippen molar-refractivity contribution in [3.8, 4) is 0 Å². The second kappa shape index (κ2) is 7.22. The fourth-order valence-electron chi connectivity index (χ4n) is 2.20. The molecule has 0 atom stereocenters. The van der Waals surface area contributed by atoms with E-state index in [1.54, 1.807) is 27.0 Å². The zero-order valence-electron chi connectivity index (χ0n) is 13.8. The van der Waals surface area contributed by atoms with Crippen LogP contribution in [-0.2, 0) is 20.9 Å². The van der Waals surface area contributed by atoms with E-state index in [0.29, 0.717) is 6.54 Å². The van der Waals surface area contributed by atoms with Gasteiger partial charge < -0.3 is 10.1 Å². The van der Waals surface area contributed by atoms with E-state index < -0.39 is 5.60 Å². The molecule has 5 heteroatoms. The van der Waals surface area contributed by atoms with Crippen LogP contribution in [0.15, 0.2) is 36.5 Å². The molecule has 0 radical (unpaired) electrons. The molecule has 5 nitrogen and oxygen atoms in total. The third-order valence-corrected chi connectivity index (χ3v) is 3.19. The van der Waals surface area contributed by atoms with Crippen LogP contribution in [-0.4, -0.2) is 22.5 Å². The van der Waals surface area contributed by atoms with E-state index in [2.05, 4.69) is 10.3 Å². The first-order valence-corrected chi connectivity index (χ1v) is 7.66. The number of rotatable bonds is 5. The van der Waals surface area contributed by atoms with Crippen LogP contribution < -0.4 is 5.32 Å². The van der Waals surface area contributed by atoms with E-state index in [1.165, 1.54) is 0 Å². The number of carbonyl (C=O) groups is 2. The maximum Gasteiger partial charge on any atom is 0.306 e.